The van der Waals surface area contributed by atoms with E-state index in [2.05, 4.69) is 20.3 Å². The molecule has 3 aromatic rings. The molecule has 0 saturated carbocycles. The van der Waals surface area contributed by atoms with Gasteiger partial charge in [0.2, 0.25) is 5.91 Å². The zero-order valence-electron chi connectivity index (χ0n) is 15.4. The molecule has 4 rings (SSSR count). The second kappa shape index (κ2) is 8.62. The molecule has 1 aromatic carbocycles. The quantitative estimate of drug-likeness (QED) is 0.663. The fourth-order valence-electron chi connectivity index (χ4n) is 3.55. The van der Waals surface area contributed by atoms with Gasteiger partial charge in [0, 0.05) is 35.9 Å². The molecular weight excluding hydrogens is 377 g/mol. The highest BCUT2D eigenvalue weighted by molar-refractivity contribution is 7.15. The summed E-state index contributed by atoms with van der Waals surface area (Å²) in [6.07, 6.45) is 8.04. The lowest BCUT2D eigenvalue weighted by molar-refractivity contribution is -0.117. The number of amides is 1. The fraction of sp³-hybridized carbons (Fsp3) is 0.350. The van der Waals surface area contributed by atoms with Gasteiger partial charge in [-0.15, -0.1) is 11.3 Å². The second-order valence-corrected chi connectivity index (χ2v) is 8.06. The smallest absolute Gasteiger partial charge is 0.240 e. The average Bonchev–Trinajstić information content (AvgIpc) is 3.42. The normalized spacial score (nSPS) is 17.1. The van der Waals surface area contributed by atoms with E-state index in [-0.39, 0.29) is 11.7 Å². The number of nitrogens with zero attached hydrogens (tertiary/aromatic N) is 4. The van der Waals surface area contributed by atoms with Crippen molar-refractivity contribution < 1.29 is 9.18 Å². The van der Waals surface area contributed by atoms with E-state index in [4.69, 9.17) is 0 Å². The summed E-state index contributed by atoms with van der Waals surface area (Å²) in [5, 5.41) is 7.69. The monoisotopic (exact) mass is 399 g/mol. The van der Waals surface area contributed by atoms with Crippen LogP contribution in [0.4, 0.5) is 9.52 Å². The second-order valence-electron chi connectivity index (χ2n) is 6.94. The van der Waals surface area contributed by atoms with E-state index < -0.39 is 0 Å². The van der Waals surface area contributed by atoms with E-state index in [1.54, 1.807) is 24.5 Å². The SMILES string of the molecule is O=C(CN1CCC[C@@H]1Cn1cccn1)Nc1ncc(Cc2ccccc2F)s1. The van der Waals surface area contributed by atoms with Crippen molar-refractivity contribution in [3.63, 3.8) is 0 Å². The molecule has 1 fully saturated rings. The molecule has 0 spiro atoms. The number of hydrogen-bond donors (Lipinski definition) is 1. The van der Waals surface area contributed by atoms with E-state index in [0.29, 0.717) is 29.7 Å². The molecule has 146 valence electrons. The van der Waals surface area contributed by atoms with Crippen LogP contribution in [-0.2, 0) is 17.8 Å². The number of aromatic nitrogens is 3. The molecule has 1 aliphatic heterocycles. The maximum atomic E-state index is 13.8. The van der Waals surface area contributed by atoms with Crippen molar-refractivity contribution in [3.8, 4) is 0 Å². The highest BCUT2D eigenvalue weighted by Crippen LogP contribution is 2.23. The average molecular weight is 399 g/mol. The van der Waals surface area contributed by atoms with Gasteiger partial charge in [0.05, 0.1) is 13.1 Å². The third kappa shape index (κ3) is 4.63. The standard InChI is InChI=1S/C20H22FN5OS/c21-18-7-2-1-5-15(18)11-17-12-22-20(28-17)24-19(27)14-25-9-3-6-16(25)13-26-10-4-8-23-26/h1-2,4-5,7-8,10,12,16H,3,6,9,11,13-14H2,(H,22,24,27)/t16-/m1/s1. The van der Waals surface area contributed by atoms with Crippen LogP contribution in [-0.4, -0.2) is 44.7 Å². The minimum absolute atomic E-state index is 0.0702. The van der Waals surface area contributed by atoms with Crippen LogP contribution in [0.25, 0.3) is 0 Å². The van der Waals surface area contributed by atoms with Crippen LogP contribution in [0, 0.1) is 5.82 Å². The number of benzene rings is 1. The minimum atomic E-state index is -0.223. The summed E-state index contributed by atoms with van der Waals surface area (Å²) in [7, 11) is 0. The zero-order valence-corrected chi connectivity index (χ0v) is 16.2. The number of rotatable bonds is 7. The van der Waals surface area contributed by atoms with E-state index in [0.717, 1.165) is 30.8 Å². The van der Waals surface area contributed by atoms with Crippen LogP contribution >= 0.6 is 11.3 Å². The summed E-state index contributed by atoms with van der Waals surface area (Å²) < 4.78 is 15.7. The van der Waals surface area contributed by atoms with Crippen molar-refractivity contribution >= 4 is 22.4 Å². The van der Waals surface area contributed by atoms with Crippen LogP contribution in [0.2, 0.25) is 0 Å². The van der Waals surface area contributed by atoms with Gasteiger partial charge in [0.1, 0.15) is 5.82 Å². The topological polar surface area (TPSA) is 63.1 Å². The minimum Gasteiger partial charge on any atom is -0.301 e. The summed E-state index contributed by atoms with van der Waals surface area (Å²) >= 11 is 1.38. The Hall–Kier alpha value is -2.58. The number of hydrogen-bond acceptors (Lipinski definition) is 5. The molecule has 28 heavy (non-hydrogen) atoms. The maximum Gasteiger partial charge on any atom is 0.240 e. The highest BCUT2D eigenvalue weighted by atomic mass is 32.1. The van der Waals surface area contributed by atoms with Crippen LogP contribution < -0.4 is 5.32 Å². The third-order valence-corrected chi connectivity index (χ3v) is 5.84. The summed E-state index contributed by atoms with van der Waals surface area (Å²) in [6, 6.07) is 8.94. The van der Waals surface area contributed by atoms with Gasteiger partial charge in [0.15, 0.2) is 5.13 Å². The highest BCUT2D eigenvalue weighted by Gasteiger charge is 2.26. The molecule has 2 aromatic heterocycles. The van der Waals surface area contributed by atoms with E-state index in [1.807, 2.05) is 23.0 Å². The van der Waals surface area contributed by atoms with E-state index >= 15 is 0 Å². The van der Waals surface area contributed by atoms with E-state index in [1.165, 1.54) is 17.4 Å². The van der Waals surface area contributed by atoms with Gasteiger partial charge in [-0.3, -0.25) is 14.4 Å². The fourth-order valence-corrected chi connectivity index (χ4v) is 4.41. The van der Waals surface area contributed by atoms with Crippen molar-refractivity contribution in [2.75, 3.05) is 18.4 Å². The molecular formula is C20H22FN5OS. The Morgan fingerprint density at radius 1 is 1.32 bits per heavy atom. The number of carbonyl (C=O) groups excluding carboxylic acids is 1. The predicted octanol–water partition coefficient (Wildman–Crippen LogP) is 3.17. The molecule has 0 radical (unpaired) electrons. The van der Waals surface area contributed by atoms with Crippen molar-refractivity contribution in [1.82, 2.24) is 19.7 Å². The Morgan fingerprint density at radius 2 is 2.21 bits per heavy atom. The van der Waals surface area contributed by atoms with Crippen molar-refractivity contribution in [2.45, 2.75) is 31.8 Å². The van der Waals surface area contributed by atoms with Gasteiger partial charge >= 0.3 is 0 Å². The largest absolute Gasteiger partial charge is 0.301 e. The summed E-state index contributed by atoms with van der Waals surface area (Å²) in [5.41, 5.74) is 0.627. The molecule has 3 heterocycles. The van der Waals surface area contributed by atoms with Crippen LogP contribution in [0.15, 0.2) is 48.9 Å². The first-order valence-corrected chi connectivity index (χ1v) is 10.2. The van der Waals surface area contributed by atoms with Crippen LogP contribution in [0.1, 0.15) is 23.3 Å². The molecule has 1 amide bonds. The lowest BCUT2D eigenvalue weighted by Gasteiger charge is -2.23. The van der Waals surface area contributed by atoms with Gasteiger partial charge in [-0.2, -0.15) is 5.10 Å². The lowest BCUT2D eigenvalue weighted by atomic mass is 10.1. The number of halogens is 1. The molecule has 1 aliphatic rings. The zero-order chi connectivity index (χ0) is 19.3. The number of nitrogens with one attached hydrogen (secondary N) is 1. The number of anilines is 1. The van der Waals surface area contributed by atoms with E-state index in [9.17, 15) is 9.18 Å². The van der Waals surface area contributed by atoms with Crippen molar-refractivity contribution in [3.05, 3.63) is 65.2 Å². The van der Waals surface area contributed by atoms with Gasteiger partial charge in [-0.25, -0.2) is 9.37 Å². The predicted molar refractivity (Wildman–Crippen MR) is 107 cm³/mol. The van der Waals surface area contributed by atoms with Crippen molar-refractivity contribution in [1.29, 1.82) is 0 Å². The van der Waals surface area contributed by atoms with Gasteiger partial charge in [0.25, 0.3) is 0 Å². The molecule has 8 heteroatoms. The van der Waals surface area contributed by atoms with Crippen LogP contribution in [0.5, 0.6) is 0 Å². The van der Waals surface area contributed by atoms with Gasteiger partial charge in [-0.1, -0.05) is 18.2 Å². The maximum absolute atomic E-state index is 13.8. The molecule has 1 atom stereocenters. The van der Waals surface area contributed by atoms with Crippen molar-refractivity contribution in [2.24, 2.45) is 0 Å². The number of thiazole rings is 1. The summed E-state index contributed by atoms with van der Waals surface area (Å²) in [6.45, 7) is 2.05. The molecule has 1 saturated heterocycles. The third-order valence-electron chi connectivity index (χ3n) is 4.93. The summed E-state index contributed by atoms with van der Waals surface area (Å²) in [5.74, 6) is -0.294. The molecule has 6 nitrogen and oxygen atoms in total. The number of likely N-dealkylation sites (tertiary alicyclic amines) is 1. The molecule has 0 aliphatic carbocycles. The Kier molecular flexibility index (Phi) is 5.78. The molecule has 0 unspecified atom stereocenters. The lowest BCUT2D eigenvalue weighted by Crippen LogP contribution is -2.39. The first-order chi connectivity index (χ1) is 13.7. The molecule has 0 bridgehead atoms. The van der Waals surface area contributed by atoms with Gasteiger partial charge < -0.3 is 5.32 Å². The Bertz CT molecular complexity index is 926. The Labute approximate surface area is 167 Å². The number of carbonyl (C=O) groups is 1. The summed E-state index contributed by atoms with van der Waals surface area (Å²) in [4.78, 5) is 19.9. The Morgan fingerprint density at radius 3 is 3.04 bits per heavy atom. The first-order valence-electron chi connectivity index (χ1n) is 9.37. The van der Waals surface area contributed by atoms with Gasteiger partial charge in [-0.05, 0) is 37.1 Å². The molecule has 1 N–H and O–H groups in total. The Balaban J connectivity index is 1.31. The first kappa shape index (κ1) is 18.8. The van der Waals surface area contributed by atoms with Crippen LogP contribution in [0.3, 0.4) is 0 Å².